The van der Waals surface area contributed by atoms with Crippen LogP contribution in [0.25, 0.3) is 34.3 Å². The van der Waals surface area contributed by atoms with E-state index in [4.69, 9.17) is 22.4 Å². The van der Waals surface area contributed by atoms with Gasteiger partial charge in [0, 0.05) is 22.3 Å². The quantitative estimate of drug-likeness (QED) is 0.367. The summed E-state index contributed by atoms with van der Waals surface area (Å²) in [5.41, 5.74) is 7.64. The number of nitriles is 1. The van der Waals surface area contributed by atoms with Crippen LogP contribution in [-0.4, -0.2) is 20.3 Å². The maximum absolute atomic E-state index is 13.6. The molecule has 0 spiro atoms. The average molecular weight is 542 g/mol. The summed E-state index contributed by atoms with van der Waals surface area (Å²) in [5.74, 6) is -1.47. The van der Waals surface area contributed by atoms with Gasteiger partial charge in [0.15, 0.2) is 5.57 Å². The Hall–Kier alpha value is -4.78. The zero-order valence-electron chi connectivity index (χ0n) is 19.5. The standard InChI is InChI=1S/C28H17ClFN5O2S/c29-19-8-6-17(7-9-19)25-18(16-34(33-25)21-4-2-1-3-5-21)14-24-27(37)35(22-12-10-20(30)11-13-22)28(38-24)23(15-31)26(32)36/h1-14,16H,(H2,32,36). The fourth-order valence-electron chi connectivity index (χ4n) is 3.86. The molecule has 0 atom stereocenters. The Bertz CT molecular complexity index is 1880. The first-order valence-electron chi connectivity index (χ1n) is 11.2. The lowest BCUT2D eigenvalue weighted by Gasteiger charge is -2.02. The minimum atomic E-state index is -0.977. The molecular weight excluding hydrogens is 525 g/mol. The molecule has 0 saturated heterocycles. The largest absolute Gasteiger partial charge is 0.365 e. The molecule has 2 aromatic heterocycles. The van der Waals surface area contributed by atoms with Gasteiger partial charge in [-0.3, -0.25) is 14.2 Å². The second-order valence-electron chi connectivity index (χ2n) is 8.10. The summed E-state index contributed by atoms with van der Waals surface area (Å²) in [6.07, 6.45) is 3.42. The number of primary amides is 1. The van der Waals surface area contributed by atoms with E-state index in [-0.39, 0.29) is 20.5 Å². The Morgan fingerprint density at radius 2 is 1.71 bits per heavy atom. The Morgan fingerprint density at radius 1 is 1.03 bits per heavy atom. The van der Waals surface area contributed by atoms with Crippen LogP contribution < -0.4 is 20.5 Å². The number of hydrogen-bond donors (Lipinski definition) is 1. The van der Waals surface area contributed by atoms with E-state index in [1.165, 1.54) is 28.8 Å². The van der Waals surface area contributed by atoms with Crippen molar-refractivity contribution < 1.29 is 9.18 Å². The third-order valence-electron chi connectivity index (χ3n) is 5.65. The SMILES string of the molecule is N#CC(C(N)=O)=c1sc(=Cc2cn(-c3ccccc3)nc2-c2ccc(Cl)cc2)c(=O)n1-c1ccc(F)cc1. The topological polar surface area (TPSA) is 107 Å². The summed E-state index contributed by atoms with van der Waals surface area (Å²) < 4.78 is 16.7. The minimum absolute atomic E-state index is 0.0475. The number of rotatable bonds is 5. The molecule has 0 saturated carbocycles. The van der Waals surface area contributed by atoms with E-state index in [0.29, 0.717) is 16.3 Å². The molecule has 10 heteroatoms. The van der Waals surface area contributed by atoms with Gasteiger partial charge in [0.1, 0.15) is 22.2 Å². The van der Waals surface area contributed by atoms with Gasteiger partial charge in [0.05, 0.1) is 15.9 Å². The third-order valence-corrected chi connectivity index (χ3v) is 6.99. The highest BCUT2D eigenvalue weighted by Crippen LogP contribution is 2.25. The molecule has 0 fully saturated rings. The van der Waals surface area contributed by atoms with Gasteiger partial charge in [0.2, 0.25) is 0 Å². The first-order chi connectivity index (χ1) is 18.4. The van der Waals surface area contributed by atoms with Gasteiger partial charge >= 0.3 is 0 Å². The number of halogens is 2. The van der Waals surface area contributed by atoms with Crippen LogP contribution in [0.15, 0.2) is 89.9 Å². The van der Waals surface area contributed by atoms with Crippen molar-refractivity contribution in [2.75, 3.05) is 0 Å². The molecule has 0 aliphatic rings. The van der Waals surface area contributed by atoms with Crippen LogP contribution in [0.1, 0.15) is 5.56 Å². The van der Waals surface area contributed by atoms with E-state index in [0.717, 1.165) is 22.6 Å². The van der Waals surface area contributed by atoms with E-state index in [2.05, 4.69) is 0 Å². The molecule has 186 valence electrons. The lowest BCUT2D eigenvalue weighted by Crippen LogP contribution is -2.32. The lowest BCUT2D eigenvalue weighted by atomic mass is 10.1. The summed E-state index contributed by atoms with van der Waals surface area (Å²) in [6.45, 7) is 0. The van der Waals surface area contributed by atoms with Crippen LogP contribution in [0.4, 0.5) is 4.39 Å². The number of nitrogens with zero attached hydrogens (tertiary/aromatic N) is 4. The summed E-state index contributed by atoms with van der Waals surface area (Å²) in [7, 11) is 0. The number of hydrogen-bond acceptors (Lipinski definition) is 5. The van der Waals surface area contributed by atoms with Crippen molar-refractivity contribution >= 4 is 40.5 Å². The number of carbonyl (C=O) groups is 1. The maximum atomic E-state index is 13.6. The van der Waals surface area contributed by atoms with Crippen LogP contribution in [0.2, 0.25) is 5.02 Å². The molecule has 2 N–H and O–H groups in total. The van der Waals surface area contributed by atoms with E-state index >= 15 is 0 Å². The van der Waals surface area contributed by atoms with Gasteiger partial charge in [-0.15, -0.1) is 11.3 Å². The van der Waals surface area contributed by atoms with E-state index in [1.54, 1.807) is 35.2 Å². The number of aromatic nitrogens is 3. The average Bonchev–Trinajstić information content (AvgIpc) is 3.47. The number of para-hydroxylation sites is 1. The predicted molar refractivity (Wildman–Crippen MR) is 145 cm³/mol. The van der Waals surface area contributed by atoms with Crippen molar-refractivity contribution in [3.05, 3.63) is 121 Å². The van der Waals surface area contributed by atoms with Crippen molar-refractivity contribution in [2.45, 2.75) is 0 Å². The lowest BCUT2D eigenvalue weighted by molar-refractivity contribution is -0.112. The second kappa shape index (κ2) is 10.3. The number of benzene rings is 3. The number of amides is 1. The zero-order chi connectivity index (χ0) is 26.8. The first-order valence-corrected chi connectivity index (χ1v) is 12.4. The van der Waals surface area contributed by atoms with Crippen molar-refractivity contribution in [1.29, 1.82) is 5.26 Å². The van der Waals surface area contributed by atoms with Crippen molar-refractivity contribution in [3.63, 3.8) is 0 Å². The second-order valence-corrected chi connectivity index (χ2v) is 9.57. The van der Waals surface area contributed by atoms with Gasteiger partial charge < -0.3 is 5.73 Å². The van der Waals surface area contributed by atoms with Crippen LogP contribution in [0.3, 0.4) is 0 Å². The number of nitrogens with two attached hydrogens (primary N) is 1. The molecule has 38 heavy (non-hydrogen) atoms. The van der Waals surface area contributed by atoms with Crippen molar-refractivity contribution in [3.8, 4) is 28.7 Å². The monoisotopic (exact) mass is 541 g/mol. The Kier molecular flexibility index (Phi) is 6.75. The predicted octanol–water partition coefficient (Wildman–Crippen LogP) is 3.53. The van der Waals surface area contributed by atoms with Gasteiger partial charge in [-0.25, -0.2) is 9.07 Å². The Labute approximate surface area is 224 Å². The number of carbonyl (C=O) groups excluding carboxylic acids is 1. The summed E-state index contributed by atoms with van der Waals surface area (Å²) in [5, 5.41) is 14.9. The smallest absolute Gasteiger partial charge is 0.273 e. The summed E-state index contributed by atoms with van der Waals surface area (Å²) in [4.78, 5) is 25.7. The van der Waals surface area contributed by atoms with Crippen LogP contribution in [0, 0.1) is 17.1 Å². The summed E-state index contributed by atoms with van der Waals surface area (Å²) in [6, 6.07) is 23.5. The highest BCUT2D eigenvalue weighted by atomic mass is 35.5. The minimum Gasteiger partial charge on any atom is -0.365 e. The fourth-order valence-corrected chi connectivity index (χ4v) is 5.09. The normalized spacial score (nSPS) is 12.3. The molecule has 1 amide bonds. The maximum Gasteiger partial charge on any atom is 0.273 e. The van der Waals surface area contributed by atoms with Gasteiger partial charge in [-0.05, 0) is 54.6 Å². The highest BCUT2D eigenvalue weighted by molar-refractivity contribution is 7.07. The zero-order valence-corrected chi connectivity index (χ0v) is 21.1. The van der Waals surface area contributed by atoms with Gasteiger partial charge in [0.25, 0.3) is 11.5 Å². The van der Waals surface area contributed by atoms with E-state index in [9.17, 15) is 19.2 Å². The molecule has 3 aromatic carbocycles. The summed E-state index contributed by atoms with van der Waals surface area (Å²) >= 11 is 7.02. The molecular formula is C28H17ClFN5O2S. The molecule has 2 heterocycles. The van der Waals surface area contributed by atoms with Crippen molar-refractivity contribution in [1.82, 2.24) is 14.3 Å². The number of thiazole rings is 1. The highest BCUT2D eigenvalue weighted by Gasteiger charge is 2.17. The molecule has 0 radical (unpaired) electrons. The molecule has 0 aliphatic heterocycles. The Morgan fingerprint density at radius 3 is 2.34 bits per heavy atom. The van der Waals surface area contributed by atoms with Crippen LogP contribution >= 0.6 is 22.9 Å². The first kappa shape index (κ1) is 24.9. The van der Waals surface area contributed by atoms with E-state index in [1.807, 2.05) is 42.5 Å². The molecule has 0 unspecified atom stereocenters. The van der Waals surface area contributed by atoms with Crippen molar-refractivity contribution in [2.24, 2.45) is 5.73 Å². The molecule has 7 nitrogen and oxygen atoms in total. The molecule has 0 bridgehead atoms. The van der Waals surface area contributed by atoms with Crippen LogP contribution in [-0.2, 0) is 4.79 Å². The van der Waals surface area contributed by atoms with E-state index < -0.39 is 17.3 Å². The molecule has 0 aliphatic carbocycles. The van der Waals surface area contributed by atoms with Gasteiger partial charge in [-0.1, -0.05) is 41.9 Å². The molecule has 5 aromatic rings. The van der Waals surface area contributed by atoms with Crippen LogP contribution in [0.5, 0.6) is 0 Å². The fraction of sp³-hybridized carbons (Fsp3) is 0. The molecule has 5 rings (SSSR count). The third kappa shape index (κ3) is 4.78. The Balaban J connectivity index is 1.81. The van der Waals surface area contributed by atoms with Gasteiger partial charge in [-0.2, -0.15) is 10.4 Å².